The van der Waals surface area contributed by atoms with Crippen LogP contribution in [0.4, 0.5) is 13.2 Å². The van der Waals surface area contributed by atoms with E-state index >= 15 is 0 Å². The maximum absolute atomic E-state index is 12.7. The molecule has 1 fully saturated rings. The fraction of sp³-hybridized carbons (Fsp3) is 0.533. The van der Waals surface area contributed by atoms with Crippen LogP contribution < -0.4 is 0 Å². The quantitative estimate of drug-likeness (QED) is 0.928. The zero-order valence-corrected chi connectivity index (χ0v) is 11.6. The molecule has 2 rings (SSSR count). The van der Waals surface area contributed by atoms with Gasteiger partial charge in [0.2, 0.25) is 0 Å². The van der Waals surface area contributed by atoms with Crippen LogP contribution in [0.1, 0.15) is 36.8 Å². The average molecular weight is 301 g/mol. The first kappa shape index (κ1) is 15.8. The molecule has 1 atom stereocenters. The Kier molecular flexibility index (Phi) is 4.88. The fourth-order valence-electron chi connectivity index (χ4n) is 2.72. The molecule has 1 aromatic carbocycles. The zero-order valence-electron chi connectivity index (χ0n) is 11.6. The minimum absolute atomic E-state index is 0.237. The molecule has 1 saturated heterocycles. The standard InChI is InChI=1S/C15H18F3NO2/c16-15(17,18)12-6-4-5-11(9-12)10-19-8-3-1-2-7-13(19)14(20)21/h4-6,9,13H,1-3,7-8,10H2,(H,20,21). The number of hydrogen-bond donors (Lipinski definition) is 1. The van der Waals surface area contributed by atoms with Crippen LogP contribution in [0.15, 0.2) is 24.3 Å². The lowest BCUT2D eigenvalue weighted by Crippen LogP contribution is -2.40. The number of carbonyl (C=O) groups is 1. The Labute approximate surface area is 121 Å². The Morgan fingerprint density at radius 3 is 2.71 bits per heavy atom. The topological polar surface area (TPSA) is 40.5 Å². The van der Waals surface area contributed by atoms with Crippen LogP contribution in [-0.2, 0) is 17.5 Å². The summed E-state index contributed by atoms with van der Waals surface area (Å²) < 4.78 is 38.1. The first-order chi connectivity index (χ1) is 9.88. The highest BCUT2D eigenvalue weighted by Gasteiger charge is 2.31. The van der Waals surface area contributed by atoms with Crippen LogP contribution in [0.25, 0.3) is 0 Å². The second-order valence-electron chi connectivity index (χ2n) is 5.37. The van der Waals surface area contributed by atoms with Crippen molar-refractivity contribution in [2.24, 2.45) is 0 Å². The largest absolute Gasteiger partial charge is 0.480 e. The van der Waals surface area contributed by atoms with Crippen molar-refractivity contribution in [3.8, 4) is 0 Å². The Hall–Kier alpha value is -1.56. The van der Waals surface area contributed by atoms with Gasteiger partial charge in [0.25, 0.3) is 0 Å². The summed E-state index contributed by atoms with van der Waals surface area (Å²) in [6, 6.07) is 4.50. The van der Waals surface area contributed by atoms with Crippen molar-refractivity contribution in [3.05, 3.63) is 35.4 Å². The predicted octanol–water partition coefficient (Wildman–Crippen LogP) is 3.53. The summed E-state index contributed by atoms with van der Waals surface area (Å²) in [4.78, 5) is 13.1. The van der Waals surface area contributed by atoms with Crippen LogP contribution in [-0.4, -0.2) is 28.6 Å². The third-order valence-electron chi connectivity index (χ3n) is 3.79. The number of hydrogen-bond acceptors (Lipinski definition) is 2. The number of alkyl halides is 3. The van der Waals surface area contributed by atoms with E-state index in [2.05, 4.69) is 0 Å². The number of halogens is 3. The van der Waals surface area contributed by atoms with Crippen molar-refractivity contribution >= 4 is 5.97 Å². The van der Waals surface area contributed by atoms with E-state index in [1.165, 1.54) is 6.07 Å². The second-order valence-corrected chi connectivity index (χ2v) is 5.37. The van der Waals surface area contributed by atoms with Gasteiger partial charge in [-0.1, -0.05) is 31.0 Å². The first-order valence-corrected chi connectivity index (χ1v) is 7.01. The molecule has 1 aromatic rings. The molecular weight excluding hydrogens is 283 g/mol. The van der Waals surface area contributed by atoms with Crippen LogP contribution in [0.2, 0.25) is 0 Å². The van der Waals surface area contributed by atoms with Crippen LogP contribution >= 0.6 is 0 Å². The maximum atomic E-state index is 12.7. The van der Waals surface area contributed by atoms with Gasteiger partial charge in [-0.05, 0) is 31.0 Å². The van der Waals surface area contributed by atoms with E-state index in [9.17, 15) is 23.1 Å². The number of likely N-dealkylation sites (tertiary alicyclic amines) is 1. The summed E-state index contributed by atoms with van der Waals surface area (Å²) >= 11 is 0. The van der Waals surface area contributed by atoms with Crippen molar-refractivity contribution in [1.29, 1.82) is 0 Å². The lowest BCUT2D eigenvalue weighted by atomic mass is 10.1. The number of nitrogens with zero attached hydrogens (tertiary/aromatic N) is 1. The molecule has 1 N–H and O–H groups in total. The van der Waals surface area contributed by atoms with Crippen molar-refractivity contribution < 1.29 is 23.1 Å². The molecule has 0 amide bonds. The first-order valence-electron chi connectivity index (χ1n) is 7.01. The summed E-state index contributed by atoms with van der Waals surface area (Å²) in [5, 5.41) is 9.27. The molecule has 0 spiro atoms. The maximum Gasteiger partial charge on any atom is 0.416 e. The fourth-order valence-corrected chi connectivity index (χ4v) is 2.72. The molecule has 3 nitrogen and oxygen atoms in total. The van der Waals surface area contributed by atoms with E-state index in [1.54, 1.807) is 11.0 Å². The van der Waals surface area contributed by atoms with E-state index in [0.29, 0.717) is 18.5 Å². The average Bonchev–Trinajstić information content (AvgIpc) is 2.63. The number of aliphatic carboxylic acids is 1. The van der Waals surface area contributed by atoms with Gasteiger partial charge in [-0.2, -0.15) is 13.2 Å². The van der Waals surface area contributed by atoms with Crippen molar-refractivity contribution in [2.45, 2.75) is 44.4 Å². The van der Waals surface area contributed by atoms with Crippen LogP contribution in [0.3, 0.4) is 0 Å². The van der Waals surface area contributed by atoms with Gasteiger partial charge in [-0.15, -0.1) is 0 Å². The Balaban J connectivity index is 2.17. The van der Waals surface area contributed by atoms with Crippen LogP contribution in [0, 0.1) is 0 Å². The summed E-state index contributed by atoms with van der Waals surface area (Å²) in [6.45, 7) is 0.841. The van der Waals surface area contributed by atoms with Gasteiger partial charge in [-0.3, -0.25) is 9.69 Å². The minimum atomic E-state index is -4.37. The van der Waals surface area contributed by atoms with Gasteiger partial charge in [-0.25, -0.2) is 0 Å². The molecule has 0 radical (unpaired) electrons. The third kappa shape index (κ3) is 4.20. The molecule has 1 heterocycles. The van der Waals surface area contributed by atoms with E-state index in [-0.39, 0.29) is 6.54 Å². The molecule has 1 aliphatic heterocycles. The molecule has 0 saturated carbocycles. The molecule has 21 heavy (non-hydrogen) atoms. The smallest absolute Gasteiger partial charge is 0.416 e. The molecule has 1 unspecified atom stereocenters. The lowest BCUT2D eigenvalue weighted by molar-refractivity contribution is -0.143. The highest BCUT2D eigenvalue weighted by atomic mass is 19.4. The Morgan fingerprint density at radius 1 is 1.29 bits per heavy atom. The van der Waals surface area contributed by atoms with E-state index in [4.69, 9.17) is 0 Å². The third-order valence-corrected chi connectivity index (χ3v) is 3.79. The molecular formula is C15H18F3NO2. The monoisotopic (exact) mass is 301 g/mol. The minimum Gasteiger partial charge on any atom is -0.480 e. The van der Waals surface area contributed by atoms with E-state index < -0.39 is 23.8 Å². The van der Waals surface area contributed by atoms with Gasteiger partial charge in [0.1, 0.15) is 6.04 Å². The number of carboxylic acids is 1. The van der Waals surface area contributed by atoms with Crippen LogP contribution in [0.5, 0.6) is 0 Å². The van der Waals surface area contributed by atoms with Gasteiger partial charge in [0.15, 0.2) is 0 Å². The SMILES string of the molecule is O=C(O)C1CCCCCN1Cc1cccc(C(F)(F)F)c1. The molecule has 0 bridgehead atoms. The Morgan fingerprint density at radius 2 is 2.05 bits per heavy atom. The van der Waals surface area contributed by atoms with Gasteiger partial charge in [0, 0.05) is 6.54 Å². The molecule has 1 aliphatic rings. The van der Waals surface area contributed by atoms with Gasteiger partial charge >= 0.3 is 12.1 Å². The second kappa shape index (κ2) is 6.47. The number of benzene rings is 1. The zero-order chi connectivity index (χ0) is 15.5. The van der Waals surface area contributed by atoms with Gasteiger partial charge in [0.05, 0.1) is 5.56 Å². The Bertz CT molecular complexity index is 502. The molecule has 116 valence electrons. The molecule has 0 aromatic heterocycles. The van der Waals surface area contributed by atoms with Crippen molar-refractivity contribution in [1.82, 2.24) is 4.90 Å². The van der Waals surface area contributed by atoms with Crippen molar-refractivity contribution in [2.75, 3.05) is 6.54 Å². The summed E-state index contributed by atoms with van der Waals surface area (Å²) in [5.74, 6) is -0.899. The predicted molar refractivity (Wildman–Crippen MR) is 71.7 cm³/mol. The number of carboxylic acid groups (broad SMARTS) is 1. The summed E-state index contributed by atoms with van der Waals surface area (Å²) in [7, 11) is 0. The van der Waals surface area contributed by atoms with Crippen molar-refractivity contribution in [3.63, 3.8) is 0 Å². The highest BCUT2D eigenvalue weighted by Crippen LogP contribution is 2.30. The summed E-state index contributed by atoms with van der Waals surface area (Å²) in [6.07, 6.45) is -1.14. The lowest BCUT2D eigenvalue weighted by Gasteiger charge is -2.26. The van der Waals surface area contributed by atoms with E-state index in [0.717, 1.165) is 31.4 Å². The summed E-state index contributed by atoms with van der Waals surface area (Å²) in [5.41, 5.74) is -0.195. The molecule has 0 aliphatic carbocycles. The number of rotatable bonds is 3. The normalized spacial score (nSPS) is 21.0. The highest BCUT2D eigenvalue weighted by molar-refractivity contribution is 5.73. The van der Waals surface area contributed by atoms with E-state index in [1.807, 2.05) is 0 Å². The molecule has 6 heteroatoms. The van der Waals surface area contributed by atoms with Gasteiger partial charge < -0.3 is 5.11 Å².